The molecule has 0 saturated heterocycles. The van der Waals surface area contributed by atoms with Gasteiger partial charge >= 0.3 is 0 Å². The van der Waals surface area contributed by atoms with Crippen molar-refractivity contribution >= 4 is 33.2 Å². The second kappa shape index (κ2) is 8.07. The fraction of sp³-hybridized carbons (Fsp3) is 0.500. The summed E-state index contributed by atoms with van der Waals surface area (Å²) in [5.41, 5.74) is 0.875. The lowest BCUT2D eigenvalue weighted by atomic mass is 10.1. The second-order valence-corrected chi connectivity index (χ2v) is 6.82. The van der Waals surface area contributed by atoms with Gasteiger partial charge in [-0.3, -0.25) is 0 Å². The molecule has 2 N–H and O–H groups in total. The van der Waals surface area contributed by atoms with Crippen LogP contribution in [0.15, 0.2) is 18.2 Å². The van der Waals surface area contributed by atoms with E-state index in [1.165, 1.54) is 0 Å². The molecule has 4 nitrogen and oxygen atoms in total. The third-order valence-electron chi connectivity index (χ3n) is 2.53. The molecule has 0 saturated carbocycles. The topological polar surface area (TPSA) is 58.2 Å². The predicted molar refractivity (Wildman–Crippen MR) is 80.5 cm³/mol. The van der Waals surface area contributed by atoms with E-state index in [9.17, 15) is 8.42 Å². The Kier molecular flexibility index (Phi) is 7.10. The molecule has 0 atom stereocenters. The lowest BCUT2D eigenvalue weighted by molar-refractivity contribution is 0.578. The zero-order valence-corrected chi connectivity index (χ0v) is 13.1. The highest BCUT2D eigenvalue weighted by Crippen LogP contribution is 2.21. The highest BCUT2D eigenvalue weighted by molar-refractivity contribution is 7.89. The monoisotopic (exact) mass is 324 g/mol. The Morgan fingerprint density at radius 2 is 1.95 bits per heavy atom. The second-order valence-electron chi connectivity index (χ2n) is 4.05. The van der Waals surface area contributed by atoms with Crippen LogP contribution in [0.25, 0.3) is 0 Å². The van der Waals surface area contributed by atoms with E-state index in [0.717, 1.165) is 12.1 Å². The summed E-state index contributed by atoms with van der Waals surface area (Å²) in [5, 5.41) is 4.10. The van der Waals surface area contributed by atoms with Crippen LogP contribution in [0.4, 0.5) is 0 Å². The van der Waals surface area contributed by atoms with Gasteiger partial charge in [0, 0.05) is 23.1 Å². The molecule has 0 aliphatic rings. The van der Waals surface area contributed by atoms with E-state index in [0.29, 0.717) is 29.6 Å². The summed E-state index contributed by atoms with van der Waals surface area (Å²) >= 11 is 11.8. The number of sulfonamides is 1. The summed E-state index contributed by atoms with van der Waals surface area (Å²) in [6.07, 6.45) is 0.538. The van der Waals surface area contributed by atoms with Gasteiger partial charge in [0.05, 0.1) is 5.75 Å². The van der Waals surface area contributed by atoms with Gasteiger partial charge in [0.15, 0.2) is 0 Å². The Balaban J connectivity index is 2.41. The molecule has 0 aliphatic heterocycles. The number of benzene rings is 1. The Labute approximate surface area is 124 Å². The molecule has 0 bridgehead atoms. The Morgan fingerprint density at radius 3 is 2.58 bits per heavy atom. The third-order valence-corrected chi connectivity index (χ3v) is 4.50. The Bertz CT molecular complexity index is 506. The molecule has 1 aromatic carbocycles. The van der Waals surface area contributed by atoms with Crippen LogP contribution in [-0.2, 0) is 16.4 Å². The summed E-state index contributed by atoms with van der Waals surface area (Å²) in [4.78, 5) is 0. The van der Waals surface area contributed by atoms with Crippen molar-refractivity contribution in [3.8, 4) is 0 Å². The first kappa shape index (κ1) is 16.7. The van der Waals surface area contributed by atoms with E-state index in [2.05, 4.69) is 10.0 Å². The van der Waals surface area contributed by atoms with Crippen LogP contribution >= 0.6 is 23.2 Å². The van der Waals surface area contributed by atoms with Crippen molar-refractivity contribution in [3.05, 3.63) is 33.8 Å². The highest BCUT2D eigenvalue weighted by atomic mass is 35.5. The number of hydrogen-bond acceptors (Lipinski definition) is 3. The largest absolute Gasteiger partial charge is 0.316 e. The van der Waals surface area contributed by atoms with Crippen molar-refractivity contribution in [3.63, 3.8) is 0 Å². The SMILES string of the molecule is CCNCCS(=O)(=O)NCCc1ccc(Cl)cc1Cl. The molecule has 19 heavy (non-hydrogen) atoms. The molecule has 0 unspecified atom stereocenters. The fourth-order valence-electron chi connectivity index (χ4n) is 1.52. The van der Waals surface area contributed by atoms with Crippen molar-refractivity contribution in [2.75, 3.05) is 25.4 Å². The predicted octanol–water partition coefficient (Wildman–Crippen LogP) is 2.06. The first-order valence-electron chi connectivity index (χ1n) is 6.06. The molecule has 108 valence electrons. The van der Waals surface area contributed by atoms with Gasteiger partial charge in [0.1, 0.15) is 0 Å². The first-order chi connectivity index (χ1) is 8.94. The third kappa shape index (κ3) is 6.58. The van der Waals surface area contributed by atoms with Crippen LogP contribution < -0.4 is 10.0 Å². The number of rotatable bonds is 8. The molecule has 0 aromatic heterocycles. The van der Waals surface area contributed by atoms with E-state index >= 15 is 0 Å². The minimum Gasteiger partial charge on any atom is -0.316 e. The van der Waals surface area contributed by atoms with Crippen LogP contribution in [0, 0.1) is 0 Å². The van der Waals surface area contributed by atoms with Gasteiger partial charge in [-0.15, -0.1) is 0 Å². The molecule has 0 amide bonds. The van der Waals surface area contributed by atoms with Crippen molar-refractivity contribution < 1.29 is 8.42 Å². The molecule has 0 heterocycles. The molecule has 0 aliphatic carbocycles. The molecule has 1 aromatic rings. The van der Waals surface area contributed by atoms with E-state index in [1.807, 2.05) is 6.92 Å². The highest BCUT2D eigenvalue weighted by Gasteiger charge is 2.09. The van der Waals surface area contributed by atoms with E-state index in [-0.39, 0.29) is 5.75 Å². The maximum atomic E-state index is 11.6. The lowest BCUT2D eigenvalue weighted by Gasteiger charge is -2.08. The first-order valence-corrected chi connectivity index (χ1v) is 8.47. The minimum atomic E-state index is -3.23. The van der Waals surface area contributed by atoms with Crippen molar-refractivity contribution in [2.24, 2.45) is 0 Å². The normalized spacial score (nSPS) is 11.7. The van der Waals surface area contributed by atoms with Gasteiger partial charge in [0.25, 0.3) is 0 Å². The minimum absolute atomic E-state index is 0.0786. The van der Waals surface area contributed by atoms with Gasteiger partial charge < -0.3 is 5.32 Å². The van der Waals surface area contributed by atoms with Gasteiger partial charge in [-0.05, 0) is 30.7 Å². The summed E-state index contributed by atoms with van der Waals surface area (Å²) in [7, 11) is -3.23. The summed E-state index contributed by atoms with van der Waals surface area (Å²) in [5.74, 6) is 0.0786. The van der Waals surface area contributed by atoms with E-state index in [4.69, 9.17) is 23.2 Å². The fourth-order valence-corrected chi connectivity index (χ4v) is 2.99. The molecule has 7 heteroatoms. The van der Waals surface area contributed by atoms with Gasteiger partial charge in [-0.1, -0.05) is 36.2 Å². The summed E-state index contributed by atoms with van der Waals surface area (Å²) in [6, 6.07) is 5.19. The van der Waals surface area contributed by atoms with Gasteiger partial charge in [-0.2, -0.15) is 0 Å². The molecule has 1 rings (SSSR count). The maximum Gasteiger partial charge on any atom is 0.212 e. The van der Waals surface area contributed by atoms with Crippen LogP contribution in [0.2, 0.25) is 10.0 Å². The molecule has 0 fully saturated rings. The molecule has 0 radical (unpaired) electrons. The summed E-state index contributed by atoms with van der Waals surface area (Å²) < 4.78 is 25.8. The van der Waals surface area contributed by atoms with E-state index < -0.39 is 10.0 Å². The molecular formula is C12H18Cl2N2O2S. The van der Waals surface area contributed by atoms with Crippen LogP contribution in [-0.4, -0.2) is 33.8 Å². The van der Waals surface area contributed by atoms with Gasteiger partial charge in [0.2, 0.25) is 10.0 Å². The van der Waals surface area contributed by atoms with Crippen LogP contribution in [0.1, 0.15) is 12.5 Å². The van der Waals surface area contributed by atoms with Crippen LogP contribution in [0.3, 0.4) is 0 Å². The number of halogens is 2. The van der Waals surface area contributed by atoms with Gasteiger partial charge in [-0.25, -0.2) is 13.1 Å². The molecular weight excluding hydrogens is 307 g/mol. The number of hydrogen-bond donors (Lipinski definition) is 2. The number of nitrogens with one attached hydrogen (secondary N) is 2. The maximum absolute atomic E-state index is 11.6. The van der Waals surface area contributed by atoms with Crippen molar-refractivity contribution in [1.29, 1.82) is 0 Å². The summed E-state index contributed by atoms with van der Waals surface area (Å²) in [6.45, 7) is 3.47. The Morgan fingerprint density at radius 1 is 1.21 bits per heavy atom. The quantitative estimate of drug-likeness (QED) is 0.720. The zero-order valence-electron chi connectivity index (χ0n) is 10.7. The standard InChI is InChI=1S/C12H18Cl2N2O2S/c1-2-15-7-8-19(17,18)16-6-5-10-3-4-11(13)9-12(10)14/h3-4,9,15-16H,2,5-8H2,1H3. The van der Waals surface area contributed by atoms with Crippen molar-refractivity contribution in [1.82, 2.24) is 10.0 Å². The van der Waals surface area contributed by atoms with Crippen LogP contribution in [0.5, 0.6) is 0 Å². The zero-order chi connectivity index (χ0) is 14.3. The lowest BCUT2D eigenvalue weighted by Crippen LogP contribution is -2.33. The van der Waals surface area contributed by atoms with Crippen molar-refractivity contribution in [2.45, 2.75) is 13.3 Å². The smallest absolute Gasteiger partial charge is 0.212 e. The average molecular weight is 325 g/mol. The Hall–Kier alpha value is -0.330. The molecule has 0 spiro atoms. The average Bonchev–Trinajstić information content (AvgIpc) is 2.32. The van der Waals surface area contributed by atoms with E-state index in [1.54, 1.807) is 18.2 Å².